The number of halogens is 9. The number of hydrogen-bond acceptors (Lipinski definition) is 0. The lowest BCUT2D eigenvalue weighted by Crippen LogP contribution is -2.19. The highest BCUT2D eigenvalue weighted by atomic mass is 79.9. The van der Waals surface area contributed by atoms with E-state index in [9.17, 15) is 30.7 Å². The van der Waals surface area contributed by atoms with Crippen LogP contribution in [0.1, 0.15) is 28.2 Å². The van der Waals surface area contributed by atoms with E-state index in [0.29, 0.717) is 15.0 Å². The molecule has 0 aliphatic heterocycles. The predicted molar refractivity (Wildman–Crippen MR) is 95.9 cm³/mol. The minimum absolute atomic E-state index is 0.151. The van der Waals surface area contributed by atoms with E-state index in [0.717, 1.165) is 12.1 Å². The van der Waals surface area contributed by atoms with Crippen molar-refractivity contribution >= 4 is 37.7 Å². The van der Waals surface area contributed by atoms with Gasteiger partial charge in [-0.15, -0.1) is 0 Å². The van der Waals surface area contributed by atoms with Crippen LogP contribution in [0.5, 0.6) is 0 Å². The Hall–Kier alpha value is -1.35. The van der Waals surface area contributed by atoms with Gasteiger partial charge >= 0.3 is 12.4 Å². The molecule has 2 aromatic carbocycles. The Morgan fingerprint density at radius 2 is 1.48 bits per heavy atom. The maximum Gasteiger partial charge on any atom is 0.416 e. The van der Waals surface area contributed by atoms with Gasteiger partial charge in [0.15, 0.2) is 0 Å². The molecule has 0 aromatic heterocycles. The molecule has 0 fully saturated rings. The van der Waals surface area contributed by atoms with Gasteiger partial charge in [0.05, 0.1) is 5.56 Å². The minimum Gasteiger partial charge on any atom is -0.207 e. The maximum absolute atomic E-state index is 14.5. The Morgan fingerprint density at radius 1 is 0.926 bits per heavy atom. The van der Waals surface area contributed by atoms with Crippen LogP contribution in [0, 0.1) is 6.92 Å². The van der Waals surface area contributed by atoms with Crippen molar-refractivity contribution in [2.75, 3.05) is 0 Å². The Balaban J connectivity index is 2.55. The van der Waals surface area contributed by atoms with E-state index in [4.69, 9.17) is 0 Å². The lowest BCUT2D eigenvalue weighted by Gasteiger charge is -2.19. The van der Waals surface area contributed by atoms with Crippen LogP contribution >= 0.6 is 31.9 Å². The number of hydrogen-bond donors (Lipinski definition) is 0. The van der Waals surface area contributed by atoms with Crippen LogP contribution in [-0.2, 0) is 6.18 Å². The Labute approximate surface area is 167 Å². The molecule has 0 saturated carbocycles. The van der Waals surface area contributed by atoms with E-state index in [1.807, 2.05) is 0 Å². The van der Waals surface area contributed by atoms with Gasteiger partial charge in [-0.25, -0.2) is 4.39 Å². The molecule has 1 atom stereocenters. The van der Waals surface area contributed by atoms with Gasteiger partial charge in [0.25, 0.3) is 0 Å². The SMILES string of the molecule is Cc1ccc(/C(F)=C/C(c2cc(Br)cc(Br)c2)C(F)(F)F)cc1C(F)(F)F. The van der Waals surface area contributed by atoms with Crippen molar-refractivity contribution in [3.63, 3.8) is 0 Å². The van der Waals surface area contributed by atoms with E-state index in [-0.39, 0.29) is 17.2 Å². The molecule has 27 heavy (non-hydrogen) atoms. The molecule has 9 heteroatoms. The number of allylic oxidation sites excluding steroid dienone is 1. The normalized spacial score (nSPS) is 14.4. The van der Waals surface area contributed by atoms with Crippen molar-refractivity contribution in [1.29, 1.82) is 0 Å². The smallest absolute Gasteiger partial charge is 0.207 e. The highest BCUT2D eigenvalue weighted by Gasteiger charge is 2.40. The summed E-state index contributed by atoms with van der Waals surface area (Å²) in [6.45, 7) is 1.19. The Bertz CT molecular complexity index is 847. The Kier molecular flexibility index (Phi) is 6.46. The van der Waals surface area contributed by atoms with Gasteiger partial charge in [-0.05, 0) is 48.4 Å². The summed E-state index contributed by atoms with van der Waals surface area (Å²) in [5.41, 5.74) is -2.09. The standard InChI is InChI=1S/C18H11Br2F7/c1-9-2-3-10(6-14(9)17(22,23)24)16(21)8-15(18(25,26)27)11-4-12(19)7-13(20)5-11/h2-8,15H,1H3/b16-8-. The van der Waals surface area contributed by atoms with Crippen LogP contribution in [0.4, 0.5) is 30.7 Å². The molecule has 0 radical (unpaired) electrons. The van der Waals surface area contributed by atoms with E-state index in [2.05, 4.69) is 31.9 Å². The monoisotopic (exact) mass is 518 g/mol. The first-order valence-electron chi connectivity index (χ1n) is 7.37. The zero-order valence-corrected chi connectivity index (χ0v) is 16.7. The van der Waals surface area contributed by atoms with Crippen molar-refractivity contribution in [3.8, 4) is 0 Å². The third-order valence-electron chi connectivity index (χ3n) is 3.73. The summed E-state index contributed by atoms with van der Waals surface area (Å²) in [5, 5.41) is 0. The number of rotatable bonds is 3. The van der Waals surface area contributed by atoms with Crippen molar-refractivity contribution < 1.29 is 30.7 Å². The van der Waals surface area contributed by atoms with Crippen molar-refractivity contribution in [1.82, 2.24) is 0 Å². The lowest BCUT2D eigenvalue weighted by molar-refractivity contribution is -0.140. The first-order valence-corrected chi connectivity index (χ1v) is 8.96. The second kappa shape index (κ2) is 7.95. The minimum atomic E-state index is -4.84. The summed E-state index contributed by atoms with van der Waals surface area (Å²) in [6.07, 6.45) is -9.30. The first kappa shape index (κ1) is 21.9. The van der Waals surface area contributed by atoms with Crippen LogP contribution in [0.3, 0.4) is 0 Å². The molecular formula is C18H11Br2F7. The maximum atomic E-state index is 14.5. The molecule has 0 nitrogen and oxygen atoms in total. The first-order chi connectivity index (χ1) is 12.3. The molecule has 0 aliphatic carbocycles. The third kappa shape index (κ3) is 5.57. The molecular weight excluding hydrogens is 509 g/mol. The molecule has 2 rings (SSSR count). The summed E-state index contributed by atoms with van der Waals surface area (Å²) in [7, 11) is 0. The quantitative estimate of drug-likeness (QED) is 0.358. The highest BCUT2D eigenvalue weighted by Crippen LogP contribution is 2.41. The van der Waals surface area contributed by atoms with Gasteiger partial charge in [0.2, 0.25) is 0 Å². The highest BCUT2D eigenvalue weighted by molar-refractivity contribution is 9.11. The van der Waals surface area contributed by atoms with Gasteiger partial charge in [-0.1, -0.05) is 44.0 Å². The fraction of sp³-hybridized carbons (Fsp3) is 0.222. The van der Waals surface area contributed by atoms with Crippen LogP contribution in [0.2, 0.25) is 0 Å². The molecule has 0 saturated heterocycles. The Morgan fingerprint density at radius 3 is 1.96 bits per heavy atom. The van der Waals surface area contributed by atoms with Gasteiger partial charge in [-0.3, -0.25) is 0 Å². The number of alkyl halides is 6. The van der Waals surface area contributed by atoms with Crippen LogP contribution < -0.4 is 0 Å². The molecule has 146 valence electrons. The molecule has 0 heterocycles. The summed E-state index contributed by atoms with van der Waals surface area (Å²) in [4.78, 5) is 0. The second-order valence-electron chi connectivity index (χ2n) is 5.76. The van der Waals surface area contributed by atoms with Crippen molar-refractivity contribution in [2.45, 2.75) is 25.2 Å². The van der Waals surface area contributed by atoms with E-state index in [1.165, 1.54) is 25.1 Å². The van der Waals surface area contributed by atoms with Gasteiger partial charge in [0.1, 0.15) is 11.7 Å². The van der Waals surface area contributed by atoms with Gasteiger partial charge < -0.3 is 0 Å². The molecule has 0 aliphatic rings. The average molecular weight is 520 g/mol. The third-order valence-corrected chi connectivity index (χ3v) is 4.64. The van der Waals surface area contributed by atoms with Crippen LogP contribution in [0.15, 0.2) is 51.4 Å². The lowest BCUT2D eigenvalue weighted by atomic mass is 9.96. The van der Waals surface area contributed by atoms with Crippen molar-refractivity contribution in [3.05, 3.63) is 73.7 Å². The van der Waals surface area contributed by atoms with Crippen LogP contribution in [0.25, 0.3) is 5.83 Å². The summed E-state index contributed by atoms with van der Waals surface area (Å²) < 4.78 is 94.4. The molecule has 0 N–H and O–H groups in total. The summed E-state index contributed by atoms with van der Waals surface area (Å²) >= 11 is 6.12. The zero-order chi connectivity index (χ0) is 20.6. The van der Waals surface area contributed by atoms with Crippen molar-refractivity contribution in [2.24, 2.45) is 0 Å². The predicted octanol–water partition coefficient (Wildman–Crippen LogP) is 8.20. The number of benzene rings is 2. The topological polar surface area (TPSA) is 0 Å². The van der Waals surface area contributed by atoms with E-state index >= 15 is 0 Å². The molecule has 0 bridgehead atoms. The van der Waals surface area contributed by atoms with Gasteiger partial charge in [0, 0.05) is 14.5 Å². The largest absolute Gasteiger partial charge is 0.416 e. The molecule has 2 aromatic rings. The van der Waals surface area contributed by atoms with E-state index in [1.54, 1.807) is 0 Å². The number of aryl methyl sites for hydroxylation is 1. The zero-order valence-electron chi connectivity index (χ0n) is 13.5. The fourth-order valence-electron chi connectivity index (χ4n) is 2.45. The summed E-state index contributed by atoms with van der Waals surface area (Å²) in [6, 6.07) is 6.38. The molecule has 1 unspecified atom stereocenters. The van der Waals surface area contributed by atoms with E-state index < -0.39 is 35.2 Å². The fourth-order valence-corrected chi connectivity index (χ4v) is 3.78. The second-order valence-corrected chi connectivity index (χ2v) is 7.60. The van der Waals surface area contributed by atoms with Gasteiger partial charge in [-0.2, -0.15) is 26.3 Å². The van der Waals surface area contributed by atoms with Crippen LogP contribution in [-0.4, -0.2) is 6.18 Å². The average Bonchev–Trinajstić information content (AvgIpc) is 2.49. The molecule has 0 amide bonds. The molecule has 0 spiro atoms. The summed E-state index contributed by atoms with van der Waals surface area (Å²) in [5.74, 6) is -3.72.